The number of hydrogen-bond acceptors (Lipinski definition) is 4. The number of guanidine groups is 1. The zero-order valence-electron chi connectivity index (χ0n) is 15.0. The molecule has 1 heterocycles. The summed E-state index contributed by atoms with van der Waals surface area (Å²) in [7, 11) is 1.91. The molecule has 7 heteroatoms. The summed E-state index contributed by atoms with van der Waals surface area (Å²) < 4.78 is 24.3. The predicted octanol–water partition coefficient (Wildman–Crippen LogP) is 2.85. The van der Waals surface area contributed by atoms with Crippen LogP contribution in [-0.4, -0.2) is 42.8 Å². The van der Waals surface area contributed by atoms with E-state index in [2.05, 4.69) is 15.5 Å². The third-order valence-electron chi connectivity index (χ3n) is 3.57. The molecule has 25 heavy (non-hydrogen) atoms. The highest BCUT2D eigenvalue weighted by Gasteiger charge is 2.08. The summed E-state index contributed by atoms with van der Waals surface area (Å²) in [6.45, 7) is 6.10. The molecule has 2 rings (SSSR count). The summed E-state index contributed by atoms with van der Waals surface area (Å²) in [6, 6.07) is 8.29. The van der Waals surface area contributed by atoms with E-state index in [1.807, 2.05) is 31.9 Å². The number of aliphatic imine (C=N–C) groups is 1. The van der Waals surface area contributed by atoms with Crippen molar-refractivity contribution in [1.82, 2.24) is 15.4 Å². The van der Waals surface area contributed by atoms with Crippen LogP contribution in [0.3, 0.4) is 0 Å². The van der Waals surface area contributed by atoms with E-state index in [1.165, 1.54) is 6.07 Å². The molecular weight excluding hydrogens is 323 g/mol. The van der Waals surface area contributed by atoms with Crippen molar-refractivity contribution in [3.05, 3.63) is 47.6 Å². The lowest BCUT2D eigenvalue weighted by atomic mass is 10.3. The topological polar surface area (TPSA) is 62.9 Å². The van der Waals surface area contributed by atoms with Crippen LogP contribution < -0.4 is 10.1 Å². The minimum atomic E-state index is -0.359. The first-order valence-electron chi connectivity index (χ1n) is 8.45. The molecule has 0 aliphatic carbocycles. The van der Waals surface area contributed by atoms with E-state index in [9.17, 15) is 4.39 Å². The zero-order valence-corrected chi connectivity index (χ0v) is 15.0. The molecule has 0 saturated heterocycles. The SMILES string of the molecule is CCNC(=NCc1cc(CC)no1)N(C)CCOc1ccccc1F. The van der Waals surface area contributed by atoms with E-state index < -0.39 is 0 Å². The highest BCUT2D eigenvalue weighted by Crippen LogP contribution is 2.15. The molecule has 0 fully saturated rings. The Kier molecular flexibility index (Phi) is 7.25. The number of nitrogens with one attached hydrogen (secondary N) is 1. The maximum absolute atomic E-state index is 13.5. The molecule has 1 aromatic heterocycles. The molecule has 0 unspecified atom stereocenters. The van der Waals surface area contributed by atoms with Gasteiger partial charge in [0.15, 0.2) is 23.3 Å². The number of likely N-dealkylation sites (N-methyl/N-ethyl adjacent to an activating group) is 1. The highest BCUT2D eigenvalue weighted by molar-refractivity contribution is 5.79. The number of hydrogen-bond donors (Lipinski definition) is 1. The Labute approximate surface area is 147 Å². The van der Waals surface area contributed by atoms with E-state index in [0.29, 0.717) is 19.7 Å². The van der Waals surface area contributed by atoms with Crippen LogP contribution in [0.4, 0.5) is 4.39 Å². The fraction of sp³-hybridized carbons (Fsp3) is 0.444. The second kappa shape index (κ2) is 9.66. The number of nitrogens with zero attached hydrogens (tertiary/aromatic N) is 3. The molecule has 0 aliphatic rings. The van der Waals surface area contributed by atoms with Crippen molar-refractivity contribution in [3.8, 4) is 5.75 Å². The molecule has 1 N–H and O–H groups in total. The van der Waals surface area contributed by atoms with Crippen molar-refractivity contribution in [3.63, 3.8) is 0 Å². The van der Waals surface area contributed by atoms with Gasteiger partial charge in [-0.1, -0.05) is 24.2 Å². The van der Waals surface area contributed by atoms with Gasteiger partial charge >= 0.3 is 0 Å². The number of ether oxygens (including phenoxy) is 1. The lowest BCUT2D eigenvalue weighted by Gasteiger charge is -2.22. The van der Waals surface area contributed by atoms with E-state index in [1.54, 1.807) is 18.2 Å². The molecule has 0 spiro atoms. The van der Waals surface area contributed by atoms with Gasteiger partial charge in [0.05, 0.1) is 12.2 Å². The molecule has 136 valence electrons. The summed E-state index contributed by atoms with van der Waals surface area (Å²) in [4.78, 5) is 6.47. The molecule has 6 nitrogen and oxygen atoms in total. The van der Waals surface area contributed by atoms with Crippen LogP contribution >= 0.6 is 0 Å². The molecule has 0 radical (unpaired) electrons. The van der Waals surface area contributed by atoms with Crippen LogP contribution in [-0.2, 0) is 13.0 Å². The van der Waals surface area contributed by atoms with Crippen molar-refractivity contribution < 1.29 is 13.7 Å². The summed E-state index contributed by atoms with van der Waals surface area (Å²) in [6.07, 6.45) is 0.834. The van der Waals surface area contributed by atoms with E-state index >= 15 is 0 Å². The Bertz CT molecular complexity index is 687. The fourth-order valence-electron chi connectivity index (χ4n) is 2.18. The summed E-state index contributed by atoms with van der Waals surface area (Å²) in [5.41, 5.74) is 0.918. The summed E-state index contributed by atoms with van der Waals surface area (Å²) in [5, 5.41) is 7.18. The number of halogens is 1. The molecule has 2 aromatic rings. The summed E-state index contributed by atoms with van der Waals surface area (Å²) >= 11 is 0. The van der Waals surface area contributed by atoms with Crippen LogP contribution in [0.5, 0.6) is 5.75 Å². The largest absolute Gasteiger partial charge is 0.489 e. The number of para-hydroxylation sites is 1. The van der Waals surface area contributed by atoms with Crippen molar-refractivity contribution in [2.24, 2.45) is 4.99 Å². The van der Waals surface area contributed by atoms with Gasteiger partial charge in [0.2, 0.25) is 0 Å². The third-order valence-corrected chi connectivity index (χ3v) is 3.57. The van der Waals surface area contributed by atoms with E-state index in [4.69, 9.17) is 9.26 Å². The standard InChI is InChI=1S/C18H25FN4O2/c1-4-14-12-15(25-22-14)13-21-18(20-5-2)23(3)10-11-24-17-9-7-6-8-16(17)19/h6-9,12H,4-5,10-11,13H2,1-3H3,(H,20,21). The third kappa shape index (κ3) is 5.77. The Morgan fingerprint density at radius 3 is 2.84 bits per heavy atom. The Hall–Kier alpha value is -2.57. The minimum Gasteiger partial charge on any atom is -0.489 e. The molecule has 0 amide bonds. The number of aryl methyl sites for hydroxylation is 1. The maximum Gasteiger partial charge on any atom is 0.194 e. The minimum absolute atomic E-state index is 0.256. The first-order valence-corrected chi connectivity index (χ1v) is 8.45. The predicted molar refractivity (Wildman–Crippen MR) is 95.2 cm³/mol. The van der Waals surface area contributed by atoms with Gasteiger partial charge in [-0.3, -0.25) is 0 Å². The second-order valence-electron chi connectivity index (χ2n) is 5.51. The lowest BCUT2D eigenvalue weighted by molar-refractivity contribution is 0.270. The smallest absolute Gasteiger partial charge is 0.194 e. The average Bonchev–Trinajstić information content (AvgIpc) is 3.08. The molecule has 0 aliphatic heterocycles. The van der Waals surface area contributed by atoms with Crippen LogP contribution in [0.2, 0.25) is 0 Å². The number of rotatable bonds is 8. The van der Waals surface area contributed by atoms with Gasteiger partial charge in [0, 0.05) is 19.7 Å². The fourth-order valence-corrected chi connectivity index (χ4v) is 2.18. The Morgan fingerprint density at radius 2 is 2.16 bits per heavy atom. The number of aromatic nitrogens is 1. The van der Waals surface area contributed by atoms with Crippen LogP contribution in [0.15, 0.2) is 39.8 Å². The molecule has 0 saturated carbocycles. The Balaban J connectivity index is 1.89. The van der Waals surface area contributed by atoms with Gasteiger partial charge in [-0.05, 0) is 25.5 Å². The first-order chi connectivity index (χ1) is 12.1. The van der Waals surface area contributed by atoms with Gasteiger partial charge in [-0.15, -0.1) is 0 Å². The van der Waals surface area contributed by atoms with E-state index in [-0.39, 0.29) is 11.6 Å². The van der Waals surface area contributed by atoms with Crippen molar-refractivity contribution >= 4 is 5.96 Å². The van der Waals surface area contributed by atoms with Gasteiger partial charge in [0.1, 0.15) is 13.2 Å². The quantitative estimate of drug-likeness (QED) is 0.587. The van der Waals surface area contributed by atoms with Crippen molar-refractivity contribution in [2.75, 3.05) is 26.7 Å². The van der Waals surface area contributed by atoms with Crippen LogP contribution in [0, 0.1) is 5.82 Å². The number of benzene rings is 1. The highest BCUT2D eigenvalue weighted by atomic mass is 19.1. The Morgan fingerprint density at radius 1 is 1.36 bits per heavy atom. The van der Waals surface area contributed by atoms with Crippen LogP contribution in [0.1, 0.15) is 25.3 Å². The molecule has 0 atom stereocenters. The van der Waals surface area contributed by atoms with Crippen LogP contribution in [0.25, 0.3) is 0 Å². The summed E-state index contributed by atoms with van der Waals surface area (Å²) in [5.74, 6) is 1.35. The average molecular weight is 348 g/mol. The zero-order chi connectivity index (χ0) is 18.1. The van der Waals surface area contributed by atoms with Crippen molar-refractivity contribution in [1.29, 1.82) is 0 Å². The second-order valence-corrected chi connectivity index (χ2v) is 5.51. The molecule has 0 bridgehead atoms. The maximum atomic E-state index is 13.5. The van der Waals surface area contributed by atoms with Gasteiger partial charge in [-0.25, -0.2) is 9.38 Å². The van der Waals surface area contributed by atoms with Gasteiger partial charge in [-0.2, -0.15) is 0 Å². The lowest BCUT2D eigenvalue weighted by Crippen LogP contribution is -2.40. The van der Waals surface area contributed by atoms with Crippen molar-refractivity contribution in [2.45, 2.75) is 26.8 Å². The van der Waals surface area contributed by atoms with Gasteiger partial charge < -0.3 is 19.5 Å². The first kappa shape index (κ1) is 18.8. The molecular formula is C18H25FN4O2. The van der Waals surface area contributed by atoms with E-state index in [0.717, 1.165) is 30.4 Å². The normalized spacial score (nSPS) is 11.4. The molecule has 1 aromatic carbocycles. The van der Waals surface area contributed by atoms with Gasteiger partial charge in [0.25, 0.3) is 0 Å². The monoisotopic (exact) mass is 348 g/mol.